The van der Waals surface area contributed by atoms with Crippen LogP contribution in [0.3, 0.4) is 0 Å². The van der Waals surface area contributed by atoms with Gasteiger partial charge in [0.15, 0.2) is 0 Å². The van der Waals surface area contributed by atoms with Gasteiger partial charge in [0.25, 0.3) is 5.91 Å². The van der Waals surface area contributed by atoms with E-state index in [-0.39, 0.29) is 10.8 Å². The van der Waals surface area contributed by atoms with E-state index in [4.69, 9.17) is 5.14 Å². The molecule has 2 N–H and O–H groups in total. The lowest BCUT2D eigenvalue weighted by Gasteiger charge is -2.18. The Morgan fingerprint density at radius 3 is 2.52 bits per heavy atom. The second-order valence-electron chi connectivity index (χ2n) is 5.64. The topological polar surface area (TPSA) is 98.3 Å². The van der Waals surface area contributed by atoms with Crippen LogP contribution in [0.2, 0.25) is 0 Å². The number of hydrogen-bond acceptors (Lipinski definition) is 4. The average molecular weight is 336 g/mol. The van der Waals surface area contributed by atoms with E-state index in [0.29, 0.717) is 23.2 Å². The minimum absolute atomic E-state index is 0.0179. The Labute approximate surface area is 135 Å². The first kappa shape index (κ1) is 17.2. The van der Waals surface area contributed by atoms with Crippen molar-refractivity contribution in [1.82, 2.24) is 14.7 Å². The van der Waals surface area contributed by atoms with Gasteiger partial charge in [0, 0.05) is 38.0 Å². The molecule has 2 rings (SSSR count). The fraction of sp³-hybridized carbons (Fsp3) is 0.333. The number of rotatable bonds is 4. The van der Waals surface area contributed by atoms with Crippen LogP contribution in [0.25, 0.3) is 0 Å². The van der Waals surface area contributed by atoms with Crippen LogP contribution in [0.1, 0.15) is 27.0 Å². The highest BCUT2D eigenvalue weighted by molar-refractivity contribution is 7.89. The normalized spacial score (nSPS) is 11.5. The number of sulfonamides is 1. The fourth-order valence-electron chi connectivity index (χ4n) is 2.37. The molecule has 1 aromatic heterocycles. The van der Waals surface area contributed by atoms with Gasteiger partial charge in [0.2, 0.25) is 10.0 Å². The van der Waals surface area contributed by atoms with Crippen LogP contribution in [0.5, 0.6) is 0 Å². The highest BCUT2D eigenvalue weighted by atomic mass is 32.2. The summed E-state index contributed by atoms with van der Waals surface area (Å²) in [5.74, 6) is -0.276. The van der Waals surface area contributed by atoms with Gasteiger partial charge in [0.05, 0.1) is 11.1 Å². The number of primary sulfonamides is 1. The van der Waals surface area contributed by atoms with E-state index >= 15 is 0 Å². The summed E-state index contributed by atoms with van der Waals surface area (Å²) >= 11 is 0. The number of nitrogens with zero attached hydrogens (tertiary/aromatic N) is 3. The molecule has 0 saturated carbocycles. The molecular weight excluding hydrogens is 316 g/mol. The Hall–Kier alpha value is -2.19. The first-order valence-corrected chi connectivity index (χ1v) is 8.51. The Kier molecular flexibility index (Phi) is 4.58. The van der Waals surface area contributed by atoms with Crippen LogP contribution < -0.4 is 5.14 Å². The summed E-state index contributed by atoms with van der Waals surface area (Å²) in [4.78, 5) is 14.1. The number of aryl methyl sites for hydroxylation is 2. The minimum Gasteiger partial charge on any atom is -0.337 e. The van der Waals surface area contributed by atoms with Crippen molar-refractivity contribution in [3.8, 4) is 0 Å². The number of carbonyl (C=O) groups excluding carboxylic acids is 1. The average Bonchev–Trinajstić information content (AvgIpc) is 2.84. The molecule has 0 bridgehead atoms. The molecule has 2 aromatic rings. The smallest absolute Gasteiger partial charge is 0.253 e. The van der Waals surface area contributed by atoms with Crippen molar-refractivity contribution in [2.24, 2.45) is 12.2 Å². The molecule has 1 heterocycles. The molecule has 8 heteroatoms. The van der Waals surface area contributed by atoms with E-state index in [2.05, 4.69) is 5.10 Å². The SMILES string of the molecule is Cc1cc(C(=O)N(C)Cc2cnn(C)c2)cc(S(N)(=O)=O)c1C. The summed E-state index contributed by atoms with van der Waals surface area (Å²) in [6.07, 6.45) is 3.50. The zero-order valence-electron chi connectivity index (χ0n) is 13.6. The number of nitrogens with two attached hydrogens (primary N) is 1. The molecule has 0 saturated heterocycles. The summed E-state index contributed by atoms with van der Waals surface area (Å²) in [5, 5.41) is 9.29. The third kappa shape index (κ3) is 3.77. The third-order valence-electron chi connectivity index (χ3n) is 3.70. The summed E-state index contributed by atoms with van der Waals surface area (Å²) in [6.45, 7) is 3.80. The third-order valence-corrected chi connectivity index (χ3v) is 4.74. The minimum atomic E-state index is -3.88. The molecule has 7 nitrogen and oxygen atoms in total. The van der Waals surface area contributed by atoms with Crippen molar-refractivity contribution in [2.45, 2.75) is 25.3 Å². The van der Waals surface area contributed by atoms with E-state index < -0.39 is 10.0 Å². The van der Waals surface area contributed by atoms with Gasteiger partial charge in [-0.15, -0.1) is 0 Å². The number of carbonyl (C=O) groups is 1. The summed E-state index contributed by atoms with van der Waals surface area (Å²) in [6, 6.07) is 3.01. The van der Waals surface area contributed by atoms with Crippen molar-refractivity contribution >= 4 is 15.9 Å². The number of amides is 1. The van der Waals surface area contributed by atoms with E-state index in [9.17, 15) is 13.2 Å². The predicted octanol–water partition coefficient (Wildman–Crippen LogP) is 0.957. The molecule has 0 fully saturated rings. The standard InChI is InChI=1S/C15H20N4O3S/c1-10-5-13(6-14(11(10)2)23(16,21)22)15(20)18(3)8-12-7-17-19(4)9-12/h5-7,9H,8H2,1-4H3,(H2,16,21,22). The lowest BCUT2D eigenvalue weighted by Crippen LogP contribution is -2.27. The van der Waals surface area contributed by atoms with Crippen LogP contribution in [0.4, 0.5) is 0 Å². The molecule has 0 radical (unpaired) electrons. The first-order chi connectivity index (χ1) is 10.6. The summed E-state index contributed by atoms with van der Waals surface area (Å²) < 4.78 is 25.0. The van der Waals surface area contributed by atoms with E-state index in [0.717, 1.165) is 5.56 Å². The summed E-state index contributed by atoms with van der Waals surface area (Å²) in [7, 11) is -0.425. The molecule has 124 valence electrons. The van der Waals surface area contributed by atoms with Crippen LogP contribution >= 0.6 is 0 Å². The maximum absolute atomic E-state index is 12.6. The van der Waals surface area contributed by atoms with Crippen LogP contribution in [0, 0.1) is 13.8 Å². The van der Waals surface area contributed by atoms with Crippen molar-refractivity contribution in [3.05, 3.63) is 46.8 Å². The molecule has 0 aliphatic carbocycles. The largest absolute Gasteiger partial charge is 0.337 e. The molecule has 1 aromatic carbocycles. The van der Waals surface area contributed by atoms with Gasteiger partial charge < -0.3 is 4.90 Å². The van der Waals surface area contributed by atoms with E-state index in [1.807, 2.05) is 6.20 Å². The van der Waals surface area contributed by atoms with Gasteiger partial charge in [-0.1, -0.05) is 0 Å². The second kappa shape index (κ2) is 6.13. The molecule has 0 aliphatic rings. The Morgan fingerprint density at radius 1 is 1.35 bits per heavy atom. The van der Waals surface area contributed by atoms with Crippen molar-refractivity contribution < 1.29 is 13.2 Å². The second-order valence-corrected chi connectivity index (χ2v) is 7.17. The zero-order valence-corrected chi connectivity index (χ0v) is 14.4. The van der Waals surface area contributed by atoms with E-state index in [1.54, 1.807) is 44.9 Å². The van der Waals surface area contributed by atoms with Gasteiger partial charge in [-0.05, 0) is 37.1 Å². The highest BCUT2D eigenvalue weighted by Crippen LogP contribution is 2.21. The molecular formula is C15H20N4O3S. The molecule has 0 aliphatic heterocycles. The first-order valence-electron chi connectivity index (χ1n) is 6.96. The monoisotopic (exact) mass is 336 g/mol. The van der Waals surface area contributed by atoms with Gasteiger partial charge in [-0.25, -0.2) is 13.6 Å². The lowest BCUT2D eigenvalue weighted by atomic mass is 10.1. The molecule has 0 unspecified atom stereocenters. The van der Waals surface area contributed by atoms with Gasteiger partial charge >= 0.3 is 0 Å². The molecule has 1 amide bonds. The number of aromatic nitrogens is 2. The molecule has 23 heavy (non-hydrogen) atoms. The Morgan fingerprint density at radius 2 is 2.00 bits per heavy atom. The van der Waals surface area contributed by atoms with Gasteiger partial charge in [-0.2, -0.15) is 5.10 Å². The maximum atomic E-state index is 12.6. The molecule has 0 spiro atoms. The van der Waals surface area contributed by atoms with Gasteiger partial charge in [-0.3, -0.25) is 9.48 Å². The lowest BCUT2D eigenvalue weighted by molar-refractivity contribution is 0.0784. The van der Waals surface area contributed by atoms with Crippen LogP contribution in [0.15, 0.2) is 29.4 Å². The fourth-order valence-corrected chi connectivity index (χ4v) is 3.24. The van der Waals surface area contributed by atoms with Crippen LogP contribution in [-0.4, -0.2) is 36.1 Å². The number of hydrogen-bond donors (Lipinski definition) is 1. The Bertz CT molecular complexity index is 856. The van der Waals surface area contributed by atoms with Crippen molar-refractivity contribution in [1.29, 1.82) is 0 Å². The van der Waals surface area contributed by atoms with E-state index in [1.165, 1.54) is 11.0 Å². The predicted molar refractivity (Wildman–Crippen MR) is 86.3 cm³/mol. The van der Waals surface area contributed by atoms with Crippen molar-refractivity contribution in [3.63, 3.8) is 0 Å². The van der Waals surface area contributed by atoms with Crippen LogP contribution in [-0.2, 0) is 23.6 Å². The quantitative estimate of drug-likeness (QED) is 0.899. The zero-order chi connectivity index (χ0) is 17.4. The summed E-state index contributed by atoms with van der Waals surface area (Å²) in [5.41, 5.74) is 2.44. The maximum Gasteiger partial charge on any atom is 0.253 e. The Balaban J connectivity index is 2.34. The molecule has 0 atom stereocenters. The highest BCUT2D eigenvalue weighted by Gasteiger charge is 2.19. The van der Waals surface area contributed by atoms with Crippen molar-refractivity contribution in [2.75, 3.05) is 7.05 Å². The van der Waals surface area contributed by atoms with Gasteiger partial charge in [0.1, 0.15) is 0 Å². The number of benzene rings is 1.